The number of imide groups is 2. The average Bonchev–Trinajstić information content (AvgIpc) is 3.64. The molecule has 0 aromatic heterocycles. The van der Waals surface area contributed by atoms with Crippen molar-refractivity contribution in [2.75, 3.05) is 0 Å². The first-order valence-electron chi connectivity index (χ1n) is 25.5. The lowest BCUT2D eigenvalue weighted by Crippen LogP contribution is -2.55. The van der Waals surface area contributed by atoms with Crippen molar-refractivity contribution in [2.45, 2.75) is 38.0 Å². The molecule has 0 unspecified atom stereocenters. The van der Waals surface area contributed by atoms with E-state index in [2.05, 4.69) is 83.4 Å². The van der Waals surface area contributed by atoms with Gasteiger partial charge in [-0.05, 0) is 111 Å². The number of hydrogen-bond acceptors (Lipinski definition) is 6. The fraction of sp³-hybridized carbons (Fsp3) is 0.0909. The molecule has 0 spiro atoms. The first kappa shape index (κ1) is 44.9. The van der Waals surface area contributed by atoms with Gasteiger partial charge in [-0.2, -0.15) is 0 Å². The van der Waals surface area contributed by atoms with Crippen molar-refractivity contribution in [3.8, 4) is 0 Å². The largest absolute Gasteiger partial charge is 0.350 e. The van der Waals surface area contributed by atoms with E-state index >= 15 is 19.2 Å². The second-order valence-corrected chi connectivity index (χ2v) is 20.0. The van der Waals surface area contributed by atoms with Crippen molar-refractivity contribution >= 4 is 111 Å². The van der Waals surface area contributed by atoms with E-state index in [4.69, 9.17) is 0 Å². The molecular formula is C66H44N4O6. The maximum atomic E-state index is 15.0. The van der Waals surface area contributed by atoms with Gasteiger partial charge in [0.15, 0.2) is 0 Å². The highest BCUT2D eigenvalue weighted by atomic mass is 16.2. The Morgan fingerprint density at radius 3 is 1.00 bits per heavy atom. The minimum atomic E-state index is -1.27. The molecule has 6 amide bonds. The smallest absolute Gasteiger partial charge is 0.262 e. The Morgan fingerprint density at radius 2 is 0.645 bits per heavy atom. The zero-order valence-corrected chi connectivity index (χ0v) is 40.8. The summed E-state index contributed by atoms with van der Waals surface area (Å²) in [6.07, 6.45) is 0.0651. The van der Waals surface area contributed by atoms with Crippen molar-refractivity contribution in [1.29, 1.82) is 0 Å². The number of hydrogen-bond donors (Lipinski definition) is 2. The molecule has 0 saturated heterocycles. The fourth-order valence-electron chi connectivity index (χ4n) is 12.3. The van der Waals surface area contributed by atoms with Gasteiger partial charge in [-0.1, -0.05) is 170 Å². The Kier molecular flexibility index (Phi) is 10.3. The summed E-state index contributed by atoms with van der Waals surface area (Å²) in [6.45, 7) is 0.273. The molecule has 10 heteroatoms. The third-order valence-electron chi connectivity index (χ3n) is 15.9. The van der Waals surface area contributed by atoms with Crippen LogP contribution in [-0.4, -0.2) is 57.3 Å². The quantitative estimate of drug-likeness (QED) is 0.0925. The molecule has 2 atom stereocenters. The van der Waals surface area contributed by atoms with Crippen molar-refractivity contribution in [1.82, 2.24) is 20.4 Å². The molecule has 12 aromatic rings. The van der Waals surface area contributed by atoms with Crippen molar-refractivity contribution in [2.24, 2.45) is 0 Å². The molecule has 0 bridgehead atoms. The molecule has 0 saturated carbocycles. The van der Waals surface area contributed by atoms with E-state index in [1.165, 1.54) is 24.3 Å². The SMILES string of the molecule is O=C(NCc1ccc2ccc3cccc4ccc1c2c34)[C@H](Cc1ccccc1)N1C(=O)c2ccc3c4c(ccc(c24)C1=O)C(=O)N([C@@H](Cc1ccccc1)C(=O)NCc1ccc2ccc4cccc5ccc1c2c45)C3=O. The predicted octanol–water partition coefficient (Wildman–Crippen LogP) is 11.7. The standard InChI is InChI=1S/C66H44N4O6/c71-61(67-35-45-23-21-43-19-17-39-13-7-15-41-25-27-47(45)57(43)55(39)41)53(33-37-9-3-1-4-10-37)69-63(73)49-29-31-51-60-52(32-30-50(59(49)60)64(69)74)66(76)70(65(51)75)54(34-38-11-5-2-6-12-38)62(72)68-36-46-24-22-44-20-18-40-14-8-16-42-26-28-48(46)58(44)56(40)42/h1-32,53-54H,33-36H2,(H,67,71)(H,68,72)/t53-,54-/m0/s1. The van der Waals surface area contributed by atoms with Crippen LogP contribution in [0.3, 0.4) is 0 Å². The van der Waals surface area contributed by atoms with Crippen LogP contribution in [0.15, 0.2) is 194 Å². The molecular weight excluding hydrogens is 945 g/mol. The monoisotopic (exact) mass is 988 g/mol. The molecule has 14 rings (SSSR count). The Labute approximate surface area is 434 Å². The van der Waals surface area contributed by atoms with Gasteiger partial charge < -0.3 is 10.6 Å². The number of carbonyl (C=O) groups is 6. The number of nitrogens with zero attached hydrogens (tertiary/aromatic N) is 2. The Balaban J connectivity index is 0.784. The summed E-state index contributed by atoms with van der Waals surface area (Å²) in [7, 11) is 0. The molecule has 364 valence electrons. The van der Waals surface area contributed by atoms with Crippen molar-refractivity contribution in [3.05, 3.63) is 239 Å². The first-order valence-corrected chi connectivity index (χ1v) is 25.5. The van der Waals surface area contributed by atoms with Crippen LogP contribution in [0.4, 0.5) is 0 Å². The van der Waals surface area contributed by atoms with E-state index in [1.807, 2.05) is 97.1 Å². The van der Waals surface area contributed by atoms with Crippen LogP contribution in [0, 0.1) is 0 Å². The summed E-state index contributed by atoms with van der Waals surface area (Å²) in [5.41, 5.74) is 3.56. The Bertz CT molecular complexity index is 4070. The van der Waals surface area contributed by atoms with E-state index in [-0.39, 0.29) is 59.0 Å². The summed E-state index contributed by atoms with van der Waals surface area (Å²) in [5.74, 6) is -3.95. The van der Waals surface area contributed by atoms with Gasteiger partial charge in [-0.15, -0.1) is 0 Å². The lowest BCUT2D eigenvalue weighted by Gasteiger charge is -2.36. The first-order chi connectivity index (χ1) is 37.2. The second-order valence-electron chi connectivity index (χ2n) is 20.0. The van der Waals surface area contributed by atoms with Crippen molar-refractivity contribution in [3.63, 3.8) is 0 Å². The third kappa shape index (κ3) is 6.94. The van der Waals surface area contributed by atoms with Crippen LogP contribution in [0.2, 0.25) is 0 Å². The van der Waals surface area contributed by atoms with Gasteiger partial charge in [0.05, 0.1) is 0 Å². The lowest BCUT2D eigenvalue weighted by molar-refractivity contribution is -0.125. The Morgan fingerprint density at radius 1 is 0.329 bits per heavy atom. The van der Waals surface area contributed by atoms with Crippen LogP contribution in [0.1, 0.15) is 63.7 Å². The van der Waals surface area contributed by atoms with Gasteiger partial charge in [0.1, 0.15) is 12.1 Å². The molecule has 10 nitrogen and oxygen atoms in total. The predicted molar refractivity (Wildman–Crippen MR) is 297 cm³/mol. The van der Waals surface area contributed by atoms with Gasteiger partial charge in [-0.25, -0.2) is 0 Å². The van der Waals surface area contributed by atoms with E-state index in [1.54, 1.807) is 0 Å². The summed E-state index contributed by atoms with van der Waals surface area (Å²) < 4.78 is 0. The van der Waals surface area contributed by atoms with Crippen LogP contribution in [0.25, 0.3) is 75.4 Å². The van der Waals surface area contributed by atoms with Gasteiger partial charge in [0.25, 0.3) is 23.6 Å². The van der Waals surface area contributed by atoms with Crippen LogP contribution in [0.5, 0.6) is 0 Å². The highest BCUT2D eigenvalue weighted by molar-refractivity contribution is 6.34. The molecule has 0 aliphatic carbocycles. The summed E-state index contributed by atoms with van der Waals surface area (Å²) in [6, 6.07) is 59.2. The van der Waals surface area contributed by atoms with E-state index in [0.717, 1.165) is 96.7 Å². The summed E-state index contributed by atoms with van der Waals surface area (Å²) in [4.78, 5) is 91.6. The van der Waals surface area contributed by atoms with Gasteiger partial charge in [-0.3, -0.25) is 38.6 Å². The van der Waals surface area contributed by atoms with Crippen LogP contribution in [-0.2, 0) is 35.5 Å². The minimum Gasteiger partial charge on any atom is -0.350 e. The molecule has 0 fully saturated rings. The fourth-order valence-corrected chi connectivity index (χ4v) is 12.3. The van der Waals surface area contributed by atoms with E-state index < -0.39 is 47.5 Å². The number of benzene rings is 12. The van der Waals surface area contributed by atoms with E-state index in [9.17, 15) is 9.59 Å². The molecule has 76 heavy (non-hydrogen) atoms. The normalized spacial score (nSPS) is 14.3. The Hall–Kier alpha value is -9.80. The van der Waals surface area contributed by atoms with Crippen LogP contribution < -0.4 is 10.6 Å². The molecule has 2 heterocycles. The maximum Gasteiger partial charge on any atom is 0.262 e. The highest BCUT2D eigenvalue weighted by Gasteiger charge is 2.46. The number of amides is 6. The highest BCUT2D eigenvalue weighted by Crippen LogP contribution is 2.41. The zero-order chi connectivity index (χ0) is 51.3. The molecule has 2 N–H and O–H groups in total. The summed E-state index contributed by atoms with van der Waals surface area (Å²) in [5, 5.41) is 19.7. The maximum absolute atomic E-state index is 15.0. The number of rotatable bonds is 12. The number of carbonyl (C=O) groups excluding carboxylic acids is 6. The van der Waals surface area contributed by atoms with E-state index in [0.29, 0.717) is 0 Å². The zero-order valence-electron chi connectivity index (χ0n) is 40.8. The molecule has 2 aliphatic rings. The second kappa shape index (κ2) is 17.4. The molecule has 0 radical (unpaired) electrons. The number of nitrogens with one attached hydrogen (secondary N) is 2. The molecule has 2 aliphatic heterocycles. The average molecular weight is 989 g/mol. The minimum absolute atomic E-state index is 0.0325. The molecule has 12 aromatic carbocycles. The van der Waals surface area contributed by atoms with Gasteiger partial charge in [0.2, 0.25) is 11.8 Å². The topological polar surface area (TPSA) is 133 Å². The van der Waals surface area contributed by atoms with Gasteiger partial charge >= 0.3 is 0 Å². The van der Waals surface area contributed by atoms with Crippen LogP contribution >= 0.6 is 0 Å². The van der Waals surface area contributed by atoms with Crippen molar-refractivity contribution < 1.29 is 28.8 Å². The third-order valence-corrected chi connectivity index (χ3v) is 15.9. The summed E-state index contributed by atoms with van der Waals surface area (Å²) >= 11 is 0. The van der Waals surface area contributed by atoms with Gasteiger partial charge in [0, 0.05) is 59.0 Å². The lowest BCUT2D eigenvalue weighted by atomic mass is 9.84.